The molecule has 1 aromatic heterocycles. The molecule has 8 heteroatoms. The molecule has 206 valence electrons. The van der Waals surface area contributed by atoms with E-state index in [-0.39, 0.29) is 12.0 Å². The van der Waals surface area contributed by atoms with Crippen LogP contribution in [0.5, 0.6) is 11.5 Å². The minimum absolute atomic E-state index is 0.165. The standard InChI is InChI=1S/C30H41N3O5/c1-6-36-25-10-7-8-11-26(25)37-17-13-32-21(2)18-22-19-23-12-15-33(27(23)24(20-22)28(31)34)14-9-16-38-29(35)30(3,4)5/h7-8,10-12,15,19-21,32H,6,9,13-14,16-18H2,1-5H3,(H2,31,34)/t21-/m1/s1. The molecule has 1 amide bonds. The Hall–Kier alpha value is -3.52. The highest BCUT2D eigenvalue weighted by Gasteiger charge is 2.22. The predicted molar refractivity (Wildman–Crippen MR) is 150 cm³/mol. The van der Waals surface area contributed by atoms with Gasteiger partial charge in [0.1, 0.15) is 6.61 Å². The number of nitrogens with two attached hydrogens (primary N) is 1. The maximum atomic E-state index is 12.3. The Balaban J connectivity index is 1.57. The fourth-order valence-corrected chi connectivity index (χ4v) is 4.26. The van der Waals surface area contributed by atoms with Crippen molar-refractivity contribution in [1.82, 2.24) is 9.88 Å². The Kier molecular flexibility index (Phi) is 10.2. The molecule has 2 aromatic carbocycles. The molecule has 38 heavy (non-hydrogen) atoms. The zero-order chi connectivity index (χ0) is 27.7. The van der Waals surface area contributed by atoms with Gasteiger partial charge in [0.2, 0.25) is 0 Å². The summed E-state index contributed by atoms with van der Waals surface area (Å²) in [5, 5.41) is 4.44. The zero-order valence-electron chi connectivity index (χ0n) is 23.2. The Morgan fingerprint density at radius 1 is 1.05 bits per heavy atom. The van der Waals surface area contributed by atoms with Crippen molar-refractivity contribution < 1.29 is 23.8 Å². The number of primary amides is 1. The Labute approximate surface area is 225 Å². The van der Waals surface area contributed by atoms with E-state index in [1.807, 2.05) is 74.9 Å². The smallest absolute Gasteiger partial charge is 0.311 e. The molecule has 0 aliphatic rings. The van der Waals surface area contributed by atoms with E-state index in [9.17, 15) is 9.59 Å². The number of ether oxygens (including phenoxy) is 3. The Morgan fingerprint density at radius 3 is 2.42 bits per heavy atom. The lowest BCUT2D eigenvalue weighted by molar-refractivity contribution is -0.153. The van der Waals surface area contributed by atoms with Gasteiger partial charge in [0.25, 0.3) is 5.91 Å². The van der Waals surface area contributed by atoms with E-state index in [0.29, 0.717) is 44.9 Å². The highest BCUT2D eigenvalue weighted by Crippen LogP contribution is 2.26. The molecule has 3 rings (SSSR count). The minimum atomic E-state index is -0.524. The van der Waals surface area contributed by atoms with Crippen molar-refractivity contribution in [2.75, 3.05) is 26.4 Å². The number of benzene rings is 2. The molecule has 0 saturated carbocycles. The molecular formula is C30H41N3O5. The van der Waals surface area contributed by atoms with Crippen LogP contribution in [0.1, 0.15) is 57.0 Å². The number of rotatable bonds is 14. The number of amides is 1. The number of carbonyl (C=O) groups is 2. The van der Waals surface area contributed by atoms with E-state index in [1.54, 1.807) is 0 Å². The number of fused-ring (bicyclic) bond motifs is 1. The maximum Gasteiger partial charge on any atom is 0.311 e. The van der Waals surface area contributed by atoms with Gasteiger partial charge in [0, 0.05) is 30.7 Å². The van der Waals surface area contributed by atoms with E-state index < -0.39 is 11.3 Å². The third-order valence-electron chi connectivity index (χ3n) is 6.12. The van der Waals surface area contributed by atoms with Gasteiger partial charge in [0.15, 0.2) is 11.5 Å². The first-order chi connectivity index (χ1) is 18.1. The average Bonchev–Trinajstić information content (AvgIpc) is 3.27. The summed E-state index contributed by atoms with van der Waals surface area (Å²) < 4.78 is 18.9. The summed E-state index contributed by atoms with van der Waals surface area (Å²) in [6.45, 7) is 12.3. The zero-order valence-corrected chi connectivity index (χ0v) is 23.2. The molecular weight excluding hydrogens is 482 g/mol. The molecule has 0 bridgehead atoms. The molecule has 3 aromatic rings. The third kappa shape index (κ3) is 7.99. The second-order valence-electron chi connectivity index (χ2n) is 10.5. The first-order valence-electron chi connectivity index (χ1n) is 13.3. The van der Waals surface area contributed by atoms with Crippen molar-refractivity contribution in [2.24, 2.45) is 11.1 Å². The van der Waals surface area contributed by atoms with Crippen LogP contribution in [0.15, 0.2) is 48.7 Å². The van der Waals surface area contributed by atoms with E-state index in [4.69, 9.17) is 19.9 Å². The van der Waals surface area contributed by atoms with Crippen LogP contribution < -0.4 is 20.5 Å². The second kappa shape index (κ2) is 13.3. The van der Waals surface area contributed by atoms with E-state index in [2.05, 4.69) is 18.3 Å². The highest BCUT2D eigenvalue weighted by molar-refractivity contribution is 6.05. The van der Waals surface area contributed by atoms with Crippen LogP contribution in [0.2, 0.25) is 0 Å². The first kappa shape index (κ1) is 29.0. The van der Waals surface area contributed by atoms with Gasteiger partial charge < -0.3 is 29.8 Å². The van der Waals surface area contributed by atoms with Gasteiger partial charge >= 0.3 is 5.97 Å². The maximum absolute atomic E-state index is 12.3. The van der Waals surface area contributed by atoms with Crippen molar-refractivity contribution in [3.05, 3.63) is 59.8 Å². The molecule has 0 unspecified atom stereocenters. The SMILES string of the molecule is CCOc1ccccc1OCCN[C@H](C)Cc1cc(C(N)=O)c2c(ccn2CCCOC(=O)C(C)(C)C)c1. The van der Waals surface area contributed by atoms with E-state index in [1.165, 1.54) is 0 Å². The van der Waals surface area contributed by atoms with Crippen molar-refractivity contribution in [3.8, 4) is 11.5 Å². The minimum Gasteiger partial charge on any atom is -0.490 e. The van der Waals surface area contributed by atoms with Gasteiger partial charge in [-0.3, -0.25) is 9.59 Å². The fourth-order valence-electron chi connectivity index (χ4n) is 4.26. The van der Waals surface area contributed by atoms with Crippen molar-refractivity contribution in [2.45, 2.75) is 60.0 Å². The van der Waals surface area contributed by atoms with Gasteiger partial charge in [-0.05, 0) is 83.4 Å². The van der Waals surface area contributed by atoms with Gasteiger partial charge in [-0.1, -0.05) is 12.1 Å². The lowest BCUT2D eigenvalue weighted by Gasteiger charge is -2.17. The first-order valence-corrected chi connectivity index (χ1v) is 13.3. The molecule has 0 saturated heterocycles. The highest BCUT2D eigenvalue weighted by atomic mass is 16.5. The van der Waals surface area contributed by atoms with Crippen molar-refractivity contribution in [1.29, 1.82) is 0 Å². The number of nitrogens with zero attached hydrogens (tertiary/aromatic N) is 1. The molecule has 0 aliphatic carbocycles. The number of nitrogens with one attached hydrogen (secondary N) is 1. The van der Waals surface area contributed by atoms with Crippen LogP contribution in [-0.4, -0.2) is 48.9 Å². The predicted octanol–water partition coefficient (Wildman–Crippen LogP) is 4.72. The van der Waals surface area contributed by atoms with Crippen molar-refractivity contribution in [3.63, 3.8) is 0 Å². The number of hydrogen-bond acceptors (Lipinski definition) is 6. The Bertz CT molecular complexity index is 1230. The van der Waals surface area contributed by atoms with E-state index >= 15 is 0 Å². The summed E-state index contributed by atoms with van der Waals surface area (Å²) in [4.78, 5) is 24.3. The van der Waals surface area contributed by atoms with Crippen LogP contribution in [0, 0.1) is 5.41 Å². The summed E-state index contributed by atoms with van der Waals surface area (Å²) >= 11 is 0. The van der Waals surface area contributed by atoms with Crippen molar-refractivity contribution >= 4 is 22.8 Å². The number of para-hydroxylation sites is 2. The van der Waals surface area contributed by atoms with Crippen LogP contribution in [0.3, 0.4) is 0 Å². The Morgan fingerprint density at radius 2 is 1.76 bits per heavy atom. The monoisotopic (exact) mass is 523 g/mol. The molecule has 0 fully saturated rings. The van der Waals surface area contributed by atoms with Crippen LogP contribution >= 0.6 is 0 Å². The summed E-state index contributed by atoms with van der Waals surface area (Å²) in [7, 11) is 0. The topological polar surface area (TPSA) is 105 Å². The number of hydrogen-bond donors (Lipinski definition) is 2. The summed E-state index contributed by atoms with van der Waals surface area (Å²) in [6, 6.07) is 13.8. The lowest BCUT2D eigenvalue weighted by Crippen LogP contribution is -2.32. The van der Waals surface area contributed by atoms with Gasteiger partial charge in [0.05, 0.1) is 29.7 Å². The molecule has 3 N–H and O–H groups in total. The molecule has 1 heterocycles. The average molecular weight is 524 g/mol. The quantitative estimate of drug-likeness (QED) is 0.234. The lowest BCUT2D eigenvalue weighted by atomic mass is 9.97. The molecule has 0 spiro atoms. The molecule has 1 atom stereocenters. The number of aromatic nitrogens is 1. The van der Waals surface area contributed by atoms with Gasteiger partial charge in [-0.25, -0.2) is 0 Å². The van der Waals surface area contributed by atoms with Crippen LogP contribution in [0.25, 0.3) is 10.9 Å². The molecule has 0 aliphatic heterocycles. The van der Waals surface area contributed by atoms with Crippen LogP contribution in [-0.2, 0) is 22.5 Å². The largest absolute Gasteiger partial charge is 0.490 e. The van der Waals surface area contributed by atoms with Gasteiger partial charge in [-0.15, -0.1) is 0 Å². The number of esters is 1. The normalized spacial score (nSPS) is 12.3. The summed E-state index contributed by atoms with van der Waals surface area (Å²) in [6.07, 6.45) is 3.33. The number of carbonyl (C=O) groups excluding carboxylic acids is 2. The van der Waals surface area contributed by atoms with E-state index in [0.717, 1.165) is 34.4 Å². The summed E-state index contributed by atoms with van der Waals surface area (Å²) in [5.74, 6) is 0.797. The number of aryl methyl sites for hydroxylation is 1. The van der Waals surface area contributed by atoms with Crippen LogP contribution in [0.4, 0.5) is 0 Å². The summed E-state index contributed by atoms with van der Waals surface area (Å²) in [5.41, 5.74) is 7.59. The fraction of sp³-hybridized carbons (Fsp3) is 0.467. The molecule has 8 nitrogen and oxygen atoms in total. The second-order valence-corrected chi connectivity index (χ2v) is 10.5. The van der Waals surface area contributed by atoms with Gasteiger partial charge in [-0.2, -0.15) is 0 Å². The molecule has 0 radical (unpaired) electrons. The third-order valence-corrected chi connectivity index (χ3v) is 6.12.